The summed E-state index contributed by atoms with van der Waals surface area (Å²) >= 11 is 0. The molecule has 0 saturated carbocycles. The summed E-state index contributed by atoms with van der Waals surface area (Å²) in [5.41, 5.74) is 1.11. The summed E-state index contributed by atoms with van der Waals surface area (Å²) in [4.78, 5) is 0. The van der Waals surface area contributed by atoms with Crippen molar-refractivity contribution in [1.29, 1.82) is 0 Å². The molecule has 1 rings (SSSR count). The Hall–Kier alpha value is -0.830. The Labute approximate surface area is 54.2 Å². The zero-order valence-electron chi connectivity index (χ0n) is 5.66. The number of methoxy groups -OCH3 is 1. The van der Waals surface area contributed by atoms with Gasteiger partial charge in [-0.15, -0.1) is 0 Å². The third-order valence-electron chi connectivity index (χ3n) is 1.07. The van der Waals surface area contributed by atoms with Crippen LogP contribution in [0.3, 0.4) is 0 Å². The fourth-order valence-corrected chi connectivity index (χ4v) is 0.713. The molecular formula is C6H10N2O. The minimum absolute atomic E-state index is 0.647. The van der Waals surface area contributed by atoms with Crippen LogP contribution in [0, 0.1) is 0 Å². The normalized spacial score (nSPS) is 10.0. The van der Waals surface area contributed by atoms with E-state index in [0.717, 1.165) is 5.56 Å². The van der Waals surface area contributed by atoms with Gasteiger partial charge in [0.15, 0.2) is 0 Å². The average molecular weight is 126 g/mol. The van der Waals surface area contributed by atoms with Gasteiger partial charge in [-0.2, -0.15) is 5.10 Å². The summed E-state index contributed by atoms with van der Waals surface area (Å²) in [5, 5.41) is 3.97. The van der Waals surface area contributed by atoms with E-state index in [1.807, 2.05) is 13.2 Å². The molecule has 0 radical (unpaired) electrons. The van der Waals surface area contributed by atoms with Gasteiger partial charge in [0.2, 0.25) is 0 Å². The number of hydrogen-bond donors (Lipinski definition) is 0. The maximum Gasteiger partial charge on any atom is 0.0743 e. The Bertz CT molecular complexity index is 183. The summed E-state index contributed by atoms with van der Waals surface area (Å²) in [6, 6.07) is 0. The van der Waals surface area contributed by atoms with Gasteiger partial charge in [-0.1, -0.05) is 0 Å². The van der Waals surface area contributed by atoms with Gasteiger partial charge in [0.05, 0.1) is 12.8 Å². The Balaban J connectivity index is 2.61. The zero-order valence-corrected chi connectivity index (χ0v) is 5.66. The van der Waals surface area contributed by atoms with E-state index in [2.05, 4.69) is 5.10 Å². The number of ether oxygens (including phenoxy) is 1. The smallest absolute Gasteiger partial charge is 0.0743 e. The molecule has 1 aromatic heterocycles. The molecule has 3 heteroatoms. The van der Waals surface area contributed by atoms with E-state index in [-0.39, 0.29) is 0 Å². The fourth-order valence-electron chi connectivity index (χ4n) is 0.713. The number of rotatable bonds is 2. The third-order valence-corrected chi connectivity index (χ3v) is 1.07. The zero-order chi connectivity index (χ0) is 6.69. The van der Waals surface area contributed by atoms with E-state index >= 15 is 0 Å². The molecule has 0 unspecified atom stereocenters. The van der Waals surface area contributed by atoms with Crippen LogP contribution in [0.5, 0.6) is 0 Å². The first-order chi connectivity index (χ1) is 4.33. The van der Waals surface area contributed by atoms with Crippen LogP contribution in [-0.4, -0.2) is 16.9 Å². The van der Waals surface area contributed by atoms with E-state index in [4.69, 9.17) is 4.74 Å². The predicted octanol–water partition coefficient (Wildman–Crippen LogP) is 0.567. The second-order valence-electron chi connectivity index (χ2n) is 1.96. The van der Waals surface area contributed by atoms with E-state index in [9.17, 15) is 0 Å². The van der Waals surface area contributed by atoms with E-state index in [1.54, 1.807) is 18.0 Å². The monoisotopic (exact) mass is 126 g/mol. The SMILES string of the molecule is COCc1cnn(C)c1. The number of nitrogens with zero attached hydrogens (tertiary/aromatic N) is 2. The third kappa shape index (κ3) is 1.54. The van der Waals surface area contributed by atoms with E-state index in [1.165, 1.54) is 0 Å². The maximum atomic E-state index is 4.89. The summed E-state index contributed by atoms with van der Waals surface area (Å²) in [7, 11) is 3.56. The van der Waals surface area contributed by atoms with Crippen molar-refractivity contribution in [3.8, 4) is 0 Å². The first-order valence-corrected chi connectivity index (χ1v) is 2.79. The molecule has 0 N–H and O–H groups in total. The van der Waals surface area contributed by atoms with Crippen molar-refractivity contribution in [2.45, 2.75) is 6.61 Å². The predicted molar refractivity (Wildman–Crippen MR) is 33.9 cm³/mol. The van der Waals surface area contributed by atoms with Crippen LogP contribution in [0.4, 0.5) is 0 Å². The summed E-state index contributed by atoms with van der Waals surface area (Å²) in [6.45, 7) is 0.647. The quantitative estimate of drug-likeness (QED) is 0.579. The molecule has 3 nitrogen and oxygen atoms in total. The minimum atomic E-state index is 0.647. The molecule has 0 atom stereocenters. The van der Waals surface area contributed by atoms with Crippen LogP contribution >= 0.6 is 0 Å². The molecule has 0 amide bonds. The van der Waals surface area contributed by atoms with Crippen molar-refractivity contribution in [2.75, 3.05) is 7.11 Å². The maximum absolute atomic E-state index is 4.89. The van der Waals surface area contributed by atoms with Gasteiger partial charge in [0, 0.05) is 25.9 Å². The molecule has 0 aliphatic rings. The first kappa shape index (κ1) is 6.29. The minimum Gasteiger partial charge on any atom is -0.380 e. The van der Waals surface area contributed by atoms with Crippen LogP contribution in [0.2, 0.25) is 0 Å². The fraction of sp³-hybridized carbons (Fsp3) is 0.500. The largest absolute Gasteiger partial charge is 0.380 e. The van der Waals surface area contributed by atoms with Crippen LogP contribution in [0.25, 0.3) is 0 Å². The molecule has 0 spiro atoms. The number of hydrogen-bond acceptors (Lipinski definition) is 2. The van der Waals surface area contributed by atoms with Gasteiger partial charge >= 0.3 is 0 Å². The molecule has 9 heavy (non-hydrogen) atoms. The second kappa shape index (κ2) is 2.64. The lowest BCUT2D eigenvalue weighted by Gasteiger charge is -1.89. The van der Waals surface area contributed by atoms with Crippen LogP contribution in [0.15, 0.2) is 12.4 Å². The summed E-state index contributed by atoms with van der Waals surface area (Å²) in [6.07, 6.45) is 3.73. The van der Waals surface area contributed by atoms with Gasteiger partial charge < -0.3 is 4.74 Å². The van der Waals surface area contributed by atoms with Crippen molar-refractivity contribution in [2.24, 2.45) is 7.05 Å². The number of aryl methyl sites for hydroxylation is 1. The molecule has 0 aliphatic carbocycles. The summed E-state index contributed by atoms with van der Waals surface area (Å²) < 4.78 is 6.65. The van der Waals surface area contributed by atoms with Crippen LogP contribution in [0.1, 0.15) is 5.56 Å². The molecule has 0 aliphatic heterocycles. The van der Waals surface area contributed by atoms with Gasteiger partial charge in [0.25, 0.3) is 0 Å². The van der Waals surface area contributed by atoms with Crippen molar-refractivity contribution in [1.82, 2.24) is 9.78 Å². The molecule has 0 fully saturated rings. The Kier molecular flexibility index (Phi) is 1.85. The molecule has 0 aromatic carbocycles. The molecule has 0 saturated heterocycles. The van der Waals surface area contributed by atoms with Crippen LogP contribution < -0.4 is 0 Å². The molecule has 1 aromatic rings. The molecule has 0 bridgehead atoms. The summed E-state index contributed by atoms with van der Waals surface area (Å²) in [5.74, 6) is 0. The van der Waals surface area contributed by atoms with Crippen molar-refractivity contribution < 1.29 is 4.74 Å². The lowest BCUT2D eigenvalue weighted by atomic mass is 10.4. The topological polar surface area (TPSA) is 27.1 Å². The standard InChI is InChI=1S/C6H10N2O/c1-8-4-6(3-7-8)5-9-2/h3-4H,5H2,1-2H3. The van der Waals surface area contributed by atoms with Gasteiger partial charge in [-0.3, -0.25) is 4.68 Å². The van der Waals surface area contributed by atoms with Crippen molar-refractivity contribution in [3.05, 3.63) is 18.0 Å². The first-order valence-electron chi connectivity index (χ1n) is 2.79. The number of aromatic nitrogens is 2. The van der Waals surface area contributed by atoms with Gasteiger partial charge in [0.1, 0.15) is 0 Å². The molecule has 50 valence electrons. The van der Waals surface area contributed by atoms with Gasteiger partial charge in [-0.05, 0) is 0 Å². The van der Waals surface area contributed by atoms with Crippen molar-refractivity contribution >= 4 is 0 Å². The molecule has 1 heterocycles. The molecular weight excluding hydrogens is 116 g/mol. The highest BCUT2D eigenvalue weighted by atomic mass is 16.5. The average Bonchev–Trinajstić information content (AvgIpc) is 2.17. The lowest BCUT2D eigenvalue weighted by molar-refractivity contribution is 0.185. The highest BCUT2D eigenvalue weighted by Gasteiger charge is 1.91. The highest BCUT2D eigenvalue weighted by Crippen LogP contribution is 1.96. The Morgan fingerprint density at radius 1 is 1.78 bits per heavy atom. The van der Waals surface area contributed by atoms with Crippen LogP contribution in [-0.2, 0) is 18.4 Å². The lowest BCUT2D eigenvalue weighted by Crippen LogP contribution is -1.85. The Morgan fingerprint density at radius 2 is 2.56 bits per heavy atom. The highest BCUT2D eigenvalue weighted by molar-refractivity contribution is 5.00. The van der Waals surface area contributed by atoms with E-state index in [0.29, 0.717) is 6.61 Å². The Morgan fingerprint density at radius 3 is 3.00 bits per heavy atom. The van der Waals surface area contributed by atoms with Crippen molar-refractivity contribution in [3.63, 3.8) is 0 Å². The van der Waals surface area contributed by atoms with E-state index < -0.39 is 0 Å². The second-order valence-corrected chi connectivity index (χ2v) is 1.96. The van der Waals surface area contributed by atoms with Gasteiger partial charge in [-0.25, -0.2) is 0 Å².